The third-order valence-corrected chi connectivity index (χ3v) is 14.9. The van der Waals surface area contributed by atoms with Crippen LogP contribution in [0.1, 0.15) is 33.6 Å². The maximum absolute atomic E-state index is 14.3. The molecular weight excluding hydrogens is 1230 g/mol. The number of nitrogens with zero attached hydrogens (tertiary/aromatic N) is 9. The lowest BCUT2D eigenvalue weighted by molar-refractivity contribution is -0.137. The number of sulfonamides is 2. The van der Waals surface area contributed by atoms with Gasteiger partial charge in [0, 0.05) is 38.3 Å². The summed E-state index contributed by atoms with van der Waals surface area (Å²) in [5.74, 6) is -6.04. The molecular formula is C44H43ClF5N13O16S4. The molecule has 5 heterocycles. The minimum Gasteiger partial charge on any atom is -0.481 e. The molecule has 83 heavy (non-hydrogen) atoms. The lowest BCUT2D eigenvalue weighted by Gasteiger charge is -2.15. The number of ether oxygens (including phenoxy) is 5. The second kappa shape index (κ2) is 29.3. The lowest BCUT2D eigenvalue weighted by Crippen LogP contribution is -2.36. The van der Waals surface area contributed by atoms with E-state index >= 15 is 0 Å². The van der Waals surface area contributed by atoms with Gasteiger partial charge in [0.1, 0.15) is 16.4 Å². The number of amides is 5. The normalized spacial score (nSPS) is 12.0. The first-order valence-corrected chi connectivity index (χ1v) is 27.8. The molecule has 446 valence electrons. The molecule has 7 rings (SSSR count). The summed E-state index contributed by atoms with van der Waals surface area (Å²) in [5.41, 5.74) is -0.749. The van der Waals surface area contributed by atoms with Crippen LogP contribution in [0, 0.1) is 5.82 Å². The summed E-state index contributed by atoms with van der Waals surface area (Å²) in [6, 6.07) is 8.77. The molecule has 0 spiro atoms. The summed E-state index contributed by atoms with van der Waals surface area (Å²) in [5, 5.41) is 12.5. The Hall–Kier alpha value is -8.75. The number of urea groups is 2. The first-order valence-electron chi connectivity index (χ1n) is 22.6. The Labute approximate surface area is 477 Å². The number of fused-ring (bicyclic) bond motifs is 1. The quantitative estimate of drug-likeness (QED) is 0.0439. The molecule has 0 radical (unpaired) electrons. The van der Waals surface area contributed by atoms with Gasteiger partial charge in [-0.2, -0.15) is 45.9 Å². The number of nitrogens with one attached hydrogen (secondary N) is 4. The van der Waals surface area contributed by atoms with Crippen molar-refractivity contribution in [2.45, 2.75) is 54.0 Å². The number of halogens is 6. The number of pyridine rings is 1. The molecule has 0 aliphatic carbocycles. The van der Waals surface area contributed by atoms with Gasteiger partial charge in [-0.3, -0.25) is 29.7 Å². The van der Waals surface area contributed by atoms with E-state index in [2.05, 4.69) is 49.4 Å². The molecule has 0 atom stereocenters. The maximum atomic E-state index is 14.3. The largest absolute Gasteiger partial charge is 0.481 e. The summed E-state index contributed by atoms with van der Waals surface area (Å²) in [6.45, 7) is -5.49. The number of thioether (sulfide) groups is 1. The van der Waals surface area contributed by atoms with Crippen LogP contribution in [0.4, 0.5) is 49.1 Å². The topological polar surface area (TPSA) is 375 Å². The molecule has 0 saturated heterocycles. The fourth-order valence-corrected chi connectivity index (χ4v) is 10.5. The first-order chi connectivity index (χ1) is 39.1. The Morgan fingerprint density at radius 2 is 1.31 bits per heavy atom. The number of carbonyl (C=O) groups excluding carboxylic acids is 4. The van der Waals surface area contributed by atoms with Crippen LogP contribution in [0.15, 0.2) is 91.5 Å². The van der Waals surface area contributed by atoms with E-state index in [0.717, 1.165) is 54.1 Å². The molecule has 6 aromatic rings. The molecule has 4 aromatic heterocycles. The highest BCUT2D eigenvalue weighted by molar-refractivity contribution is 8.00. The van der Waals surface area contributed by atoms with Crippen LogP contribution in [0.25, 0.3) is 0 Å². The Kier molecular flexibility index (Phi) is 23.0. The average Bonchev–Trinajstić information content (AvgIpc) is 4.04. The zero-order valence-electron chi connectivity index (χ0n) is 43.0. The van der Waals surface area contributed by atoms with Crippen LogP contribution in [0.5, 0.6) is 23.5 Å². The molecule has 1 aliphatic rings. The van der Waals surface area contributed by atoms with Gasteiger partial charge in [0.15, 0.2) is 5.03 Å². The van der Waals surface area contributed by atoms with Crippen LogP contribution < -0.4 is 48.7 Å². The number of alkyl halides is 4. The van der Waals surface area contributed by atoms with Crippen molar-refractivity contribution in [3.63, 3.8) is 0 Å². The van der Waals surface area contributed by atoms with E-state index in [0.29, 0.717) is 28.9 Å². The van der Waals surface area contributed by atoms with E-state index in [1.54, 1.807) is 19.4 Å². The first kappa shape index (κ1) is 65.1. The number of carbonyl (C=O) groups is 5. The van der Waals surface area contributed by atoms with Crippen molar-refractivity contribution in [3.05, 3.63) is 103 Å². The standard InChI is InChI=1S/C15H15ClFN3O3S2.C15H18N6O6S.C14H10F4N4O7S/c1-23-13(21)8-24-12-7-11(10(17)6-9(12)16)18-14-19-4-2-3-5-20(19)15(22)25-14;1-21(2)13(22)9-6-5-7-16-12(9)28(24,25)20-15(23)19-14-17-10(26-3)8-11(18-14)27-4;15-11(16)28-8-5-9(29-12(17)18)20-13(19-8)21-14(25)22-30(26,27)7-4-2-1-3-6(7)10(23)24/h6-7H,2-5,8H2,1H3;5-8H,1-4H3,(H2,17,18,19,20,23);1-5,11-12H,(H,23,24)(H2,19,20,21,22,25)/b18-14-;;. The van der Waals surface area contributed by atoms with Gasteiger partial charge in [-0.25, -0.2) is 51.3 Å². The fourth-order valence-electron chi connectivity index (χ4n) is 6.35. The number of aromatic nitrogens is 7. The van der Waals surface area contributed by atoms with Gasteiger partial charge in [-0.05, 0) is 60.6 Å². The molecule has 5 amide bonds. The zero-order valence-corrected chi connectivity index (χ0v) is 47.1. The van der Waals surface area contributed by atoms with Crippen molar-refractivity contribution in [1.29, 1.82) is 0 Å². The van der Waals surface area contributed by atoms with Crippen LogP contribution in [-0.4, -0.2) is 145 Å². The number of benzene rings is 2. The third kappa shape index (κ3) is 18.6. The number of hydrogen-bond acceptors (Lipinski definition) is 23. The van der Waals surface area contributed by atoms with E-state index in [1.165, 1.54) is 87.6 Å². The minimum atomic E-state index is -4.71. The molecule has 2 aromatic carbocycles. The van der Waals surface area contributed by atoms with Gasteiger partial charge in [0.2, 0.25) is 40.2 Å². The number of hydrogen-bond donors (Lipinski definition) is 5. The van der Waals surface area contributed by atoms with Crippen LogP contribution in [0.2, 0.25) is 5.02 Å². The van der Waals surface area contributed by atoms with Gasteiger partial charge in [-0.15, -0.1) is 11.8 Å². The maximum Gasteiger partial charge on any atom is 0.388 e. The highest BCUT2D eigenvalue weighted by Gasteiger charge is 2.28. The second-order valence-corrected chi connectivity index (χ2v) is 21.3. The van der Waals surface area contributed by atoms with Crippen molar-refractivity contribution in [3.8, 4) is 23.5 Å². The average molecular weight is 1270 g/mol. The molecule has 1 aliphatic heterocycles. The predicted molar refractivity (Wildman–Crippen MR) is 280 cm³/mol. The van der Waals surface area contributed by atoms with Crippen LogP contribution >= 0.6 is 34.7 Å². The summed E-state index contributed by atoms with van der Waals surface area (Å²) in [7, 11) is -2.27. The number of rotatable bonds is 18. The van der Waals surface area contributed by atoms with E-state index in [1.807, 2.05) is 0 Å². The van der Waals surface area contributed by atoms with Crippen LogP contribution in [0.3, 0.4) is 0 Å². The van der Waals surface area contributed by atoms with Crippen molar-refractivity contribution in [2.24, 2.45) is 4.99 Å². The van der Waals surface area contributed by atoms with Crippen LogP contribution in [-0.2, 0) is 42.7 Å². The summed E-state index contributed by atoms with van der Waals surface area (Å²) >= 11 is 8.17. The Morgan fingerprint density at radius 1 is 0.783 bits per heavy atom. The smallest absolute Gasteiger partial charge is 0.388 e. The third-order valence-electron chi connectivity index (χ3n) is 9.85. The highest BCUT2D eigenvalue weighted by atomic mass is 35.5. The highest BCUT2D eigenvalue weighted by Crippen LogP contribution is 2.33. The van der Waals surface area contributed by atoms with Crippen molar-refractivity contribution < 1.29 is 91.6 Å². The Morgan fingerprint density at radius 3 is 1.86 bits per heavy atom. The molecule has 39 heteroatoms. The number of methoxy groups -OCH3 is 3. The molecule has 5 N–H and O–H groups in total. The van der Waals surface area contributed by atoms with E-state index < -0.39 is 102 Å². The molecule has 29 nitrogen and oxygen atoms in total. The fraction of sp³-hybridized carbons (Fsp3) is 0.273. The molecule has 0 saturated carbocycles. The summed E-state index contributed by atoms with van der Waals surface area (Å²) in [4.78, 5) is 94.3. The minimum absolute atomic E-state index is 0.0605. The predicted octanol–water partition coefficient (Wildman–Crippen LogP) is 4.78. The zero-order chi connectivity index (χ0) is 61.3. The Balaban J connectivity index is 0.000000229. The summed E-state index contributed by atoms with van der Waals surface area (Å²) in [6.07, 6.45) is 3.08. The molecule has 0 fully saturated rings. The van der Waals surface area contributed by atoms with E-state index in [-0.39, 0.29) is 44.6 Å². The number of esters is 1. The SMILES string of the molecule is COC(=O)CSc1cc(/N=c2\sc(=O)n3n2CCCC3)c(F)cc1Cl.COc1cc(OC)nc(NC(=O)NS(=O)(=O)c2ncccc2C(=O)N(C)C)n1.O=C(Nc1nc(OC(F)F)cc(OC(F)F)n1)NS(=O)(=O)c1ccccc1C(=O)O. The van der Waals surface area contributed by atoms with E-state index in [9.17, 15) is 67.6 Å². The van der Waals surface area contributed by atoms with Gasteiger partial charge in [-0.1, -0.05) is 23.7 Å². The number of aromatic carboxylic acids is 1. The number of anilines is 2. The van der Waals surface area contributed by atoms with E-state index in [4.69, 9.17) is 26.2 Å². The van der Waals surface area contributed by atoms with Gasteiger partial charge < -0.3 is 33.7 Å². The van der Waals surface area contributed by atoms with Crippen molar-refractivity contribution >= 4 is 102 Å². The lowest BCUT2D eigenvalue weighted by atomic mass is 10.2. The Bertz CT molecular complexity index is 3700. The van der Waals surface area contributed by atoms with Gasteiger partial charge in [0.25, 0.3) is 26.0 Å². The molecule has 0 unspecified atom stereocenters. The monoisotopic (exact) mass is 1270 g/mol. The van der Waals surface area contributed by atoms with Crippen molar-refractivity contribution in [1.82, 2.24) is 48.6 Å². The van der Waals surface area contributed by atoms with Gasteiger partial charge in [0.05, 0.1) is 55.4 Å². The van der Waals surface area contributed by atoms with Gasteiger partial charge >= 0.3 is 42.1 Å². The summed E-state index contributed by atoms with van der Waals surface area (Å²) < 4.78 is 142. The van der Waals surface area contributed by atoms with Crippen molar-refractivity contribution in [2.75, 3.05) is 51.8 Å². The molecule has 0 bridgehead atoms. The number of carboxylic acids is 1. The number of carboxylic acid groups (broad SMARTS) is 1. The second-order valence-electron chi connectivity index (χ2n) is 15.7.